The van der Waals surface area contributed by atoms with Gasteiger partial charge in [0.15, 0.2) is 5.88 Å². The normalized spacial score (nSPS) is 15.6. The van der Waals surface area contributed by atoms with E-state index in [1.54, 1.807) is 18.2 Å². The number of halogens is 1. The molecule has 112 valence electrons. The molecule has 22 heavy (non-hydrogen) atoms. The smallest absolute Gasteiger partial charge is 0.196 e. The Morgan fingerprint density at radius 3 is 2.55 bits per heavy atom. The summed E-state index contributed by atoms with van der Waals surface area (Å²) in [7, 11) is 0. The summed E-state index contributed by atoms with van der Waals surface area (Å²) in [6, 6.07) is 13.2. The molecular formula is C17H15ClN2O2. The van der Waals surface area contributed by atoms with E-state index in [4.69, 9.17) is 20.8 Å². The molecule has 1 aromatic carbocycles. The van der Waals surface area contributed by atoms with Crippen molar-refractivity contribution < 1.29 is 9.15 Å². The second-order valence-electron chi connectivity index (χ2n) is 4.95. The Bertz CT molecular complexity index is 707. The Hall–Kier alpha value is -2.22. The fourth-order valence-electron chi connectivity index (χ4n) is 2.33. The summed E-state index contributed by atoms with van der Waals surface area (Å²) >= 11 is 5.87. The molecule has 2 aromatic rings. The van der Waals surface area contributed by atoms with Crippen LogP contribution in [0.25, 0.3) is 11.6 Å². The van der Waals surface area contributed by atoms with Crippen molar-refractivity contribution >= 4 is 29.1 Å². The number of nitriles is 1. The van der Waals surface area contributed by atoms with Gasteiger partial charge in [0.25, 0.3) is 0 Å². The van der Waals surface area contributed by atoms with Gasteiger partial charge in [0, 0.05) is 24.2 Å². The van der Waals surface area contributed by atoms with Crippen LogP contribution in [-0.2, 0) is 4.74 Å². The molecule has 0 radical (unpaired) electrons. The van der Waals surface area contributed by atoms with Gasteiger partial charge in [0.05, 0.1) is 24.9 Å². The first-order chi connectivity index (χ1) is 10.8. The van der Waals surface area contributed by atoms with Crippen LogP contribution in [0.15, 0.2) is 40.8 Å². The van der Waals surface area contributed by atoms with Gasteiger partial charge >= 0.3 is 0 Å². The number of nitrogens with zero attached hydrogens (tertiary/aromatic N) is 2. The Balaban J connectivity index is 1.82. The topological polar surface area (TPSA) is 49.4 Å². The molecule has 1 aromatic heterocycles. The van der Waals surface area contributed by atoms with E-state index in [2.05, 4.69) is 11.0 Å². The monoisotopic (exact) mass is 314 g/mol. The predicted molar refractivity (Wildman–Crippen MR) is 86.7 cm³/mol. The molecule has 0 atom stereocenters. The summed E-state index contributed by atoms with van der Waals surface area (Å²) in [5.74, 6) is 1.47. The van der Waals surface area contributed by atoms with Gasteiger partial charge < -0.3 is 14.1 Å². The third-order valence-corrected chi connectivity index (χ3v) is 3.75. The third-order valence-electron chi connectivity index (χ3n) is 3.50. The Morgan fingerprint density at radius 2 is 1.86 bits per heavy atom. The quantitative estimate of drug-likeness (QED) is 0.808. The summed E-state index contributed by atoms with van der Waals surface area (Å²) in [5.41, 5.74) is 1.36. The first-order valence-corrected chi connectivity index (χ1v) is 7.44. The largest absolute Gasteiger partial charge is 0.441 e. The zero-order valence-corrected chi connectivity index (χ0v) is 12.7. The number of rotatable bonds is 3. The zero-order chi connectivity index (χ0) is 15.4. The zero-order valence-electron chi connectivity index (χ0n) is 12.0. The molecule has 0 spiro atoms. The lowest BCUT2D eigenvalue weighted by atomic mass is 10.1. The average molecular weight is 315 g/mol. The van der Waals surface area contributed by atoms with Gasteiger partial charge in [-0.15, -0.1) is 0 Å². The number of furan rings is 1. The molecular weight excluding hydrogens is 300 g/mol. The van der Waals surface area contributed by atoms with Crippen molar-refractivity contribution in [3.05, 3.63) is 52.7 Å². The third kappa shape index (κ3) is 3.33. The van der Waals surface area contributed by atoms with Crippen LogP contribution in [0, 0.1) is 11.3 Å². The molecule has 5 heteroatoms. The van der Waals surface area contributed by atoms with E-state index in [-0.39, 0.29) is 0 Å². The van der Waals surface area contributed by atoms with Gasteiger partial charge in [-0.25, -0.2) is 0 Å². The molecule has 2 heterocycles. The lowest BCUT2D eigenvalue weighted by Crippen LogP contribution is -2.35. The summed E-state index contributed by atoms with van der Waals surface area (Å²) in [4.78, 5) is 2.13. The van der Waals surface area contributed by atoms with E-state index >= 15 is 0 Å². The molecule has 1 fully saturated rings. The van der Waals surface area contributed by atoms with E-state index in [1.165, 1.54) is 0 Å². The molecule has 0 amide bonds. The van der Waals surface area contributed by atoms with E-state index in [1.807, 2.05) is 24.3 Å². The summed E-state index contributed by atoms with van der Waals surface area (Å²) < 4.78 is 11.1. The summed E-state index contributed by atoms with van der Waals surface area (Å²) in [6.07, 6.45) is 1.74. The maximum Gasteiger partial charge on any atom is 0.196 e. The molecule has 1 saturated heterocycles. The van der Waals surface area contributed by atoms with Crippen LogP contribution >= 0.6 is 11.6 Å². The van der Waals surface area contributed by atoms with E-state index in [9.17, 15) is 5.26 Å². The highest BCUT2D eigenvalue weighted by Gasteiger charge is 2.14. The number of anilines is 1. The van der Waals surface area contributed by atoms with Crippen LogP contribution < -0.4 is 4.90 Å². The molecule has 3 rings (SSSR count). The van der Waals surface area contributed by atoms with Crippen molar-refractivity contribution in [3.8, 4) is 6.07 Å². The van der Waals surface area contributed by atoms with Crippen LogP contribution in [0.5, 0.6) is 0 Å². The van der Waals surface area contributed by atoms with Crippen molar-refractivity contribution in [1.82, 2.24) is 0 Å². The number of ether oxygens (including phenoxy) is 1. The summed E-state index contributed by atoms with van der Waals surface area (Å²) in [6.45, 7) is 3.05. The predicted octanol–water partition coefficient (Wildman–Crippen LogP) is 3.83. The standard InChI is InChI=1S/C17H15ClN2O2/c18-15-3-1-13(2-4-15)14(12-19)11-16-5-6-17(22-16)20-7-9-21-10-8-20/h1-6,11H,7-10H2/b14-11-. The number of hydrogen-bond acceptors (Lipinski definition) is 4. The lowest BCUT2D eigenvalue weighted by molar-refractivity contribution is 0.120. The fraction of sp³-hybridized carbons (Fsp3) is 0.235. The highest BCUT2D eigenvalue weighted by Crippen LogP contribution is 2.24. The molecule has 0 unspecified atom stereocenters. The molecule has 4 nitrogen and oxygen atoms in total. The van der Waals surface area contributed by atoms with Gasteiger partial charge in [0.2, 0.25) is 0 Å². The molecule has 0 bridgehead atoms. The minimum absolute atomic E-state index is 0.541. The van der Waals surface area contributed by atoms with Crippen LogP contribution in [0.4, 0.5) is 5.88 Å². The van der Waals surface area contributed by atoms with Gasteiger partial charge in [0.1, 0.15) is 5.76 Å². The minimum atomic E-state index is 0.541. The van der Waals surface area contributed by atoms with Crippen molar-refractivity contribution in [2.24, 2.45) is 0 Å². The number of morpholine rings is 1. The molecule has 0 N–H and O–H groups in total. The van der Waals surface area contributed by atoms with Crippen LogP contribution in [-0.4, -0.2) is 26.3 Å². The van der Waals surface area contributed by atoms with Crippen LogP contribution in [0.1, 0.15) is 11.3 Å². The Labute approximate surface area is 134 Å². The maximum atomic E-state index is 9.35. The van der Waals surface area contributed by atoms with E-state index < -0.39 is 0 Å². The number of allylic oxidation sites excluding steroid dienone is 1. The van der Waals surface area contributed by atoms with Gasteiger partial charge in [-0.05, 0) is 29.8 Å². The Kier molecular flexibility index (Phi) is 4.47. The molecule has 0 aliphatic carbocycles. The lowest BCUT2D eigenvalue weighted by Gasteiger charge is -2.26. The van der Waals surface area contributed by atoms with Gasteiger partial charge in [-0.3, -0.25) is 0 Å². The van der Waals surface area contributed by atoms with Crippen LogP contribution in [0.2, 0.25) is 5.02 Å². The van der Waals surface area contributed by atoms with E-state index in [0.29, 0.717) is 29.6 Å². The first kappa shape index (κ1) is 14.7. The Morgan fingerprint density at radius 1 is 1.14 bits per heavy atom. The average Bonchev–Trinajstić information content (AvgIpc) is 3.03. The summed E-state index contributed by atoms with van der Waals surface area (Å²) in [5, 5.41) is 9.99. The first-order valence-electron chi connectivity index (χ1n) is 7.06. The van der Waals surface area contributed by atoms with Gasteiger partial charge in [-0.1, -0.05) is 23.7 Å². The number of benzene rings is 1. The highest BCUT2D eigenvalue weighted by atomic mass is 35.5. The minimum Gasteiger partial charge on any atom is -0.441 e. The second-order valence-corrected chi connectivity index (χ2v) is 5.39. The van der Waals surface area contributed by atoms with Crippen molar-refractivity contribution in [1.29, 1.82) is 5.26 Å². The maximum absolute atomic E-state index is 9.35. The SMILES string of the molecule is N#C/C(=C/c1ccc(N2CCOCC2)o1)c1ccc(Cl)cc1. The molecule has 1 aliphatic rings. The second kappa shape index (κ2) is 6.69. The van der Waals surface area contributed by atoms with Crippen molar-refractivity contribution in [2.45, 2.75) is 0 Å². The van der Waals surface area contributed by atoms with E-state index in [0.717, 1.165) is 24.5 Å². The van der Waals surface area contributed by atoms with Gasteiger partial charge in [-0.2, -0.15) is 5.26 Å². The highest BCUT2D eigenvalue weighted by molar-refractivity contribution is 6.30. The fourth-order valence-corrected chi connectivity index (χ4v) is 2.45. The number of hydrogen-bond donors (Lipinski definition) is 0. The van der Waals surface area contributed by atoms with Crippen molar-refractivity contribution in [3.63, 3.8) is 0 Å². The molecule has 1 aliphatic heterocycles. The van der Waals surface area contributed by atoms with Crippen LogP contribution in [0.3, 0.4) is 0 Å². The van der Waals surface area contributed by atoms with Crippen molar-refractivity contribution in [2.75, 3.05) is 31.2 Å². The molecule has 0 saturated carbocycles.